The van der Waals surface area contributed by atoms with Crippen LogP contribution in [0.15, 0.2) is 72.8 Å². The number of carbonyl (C=O) groups is 3. The van der Waals surface area contributed by atoms with Crippen LogP contribution in [0.25, 0.3) is 22.2 Å². The molecule has 0 radical (unpaired) electrons. The van der Waals surface area contributed by atoms with Crippen LogP contribution in [-0.4, -0.2) is 75.8 Å². The lowest BCUT2D eigenvalue weighted by Crippen LogP contribution is -2.60. The summed E-state index contributed by atoms with van der Waals surface area (Å²) in [6.07, 6.45) is 2.82. The van der Waals surface area contributed by atoms with Crippen LogP contribution in [0.5, 0.6) is 0 Å². The molecular formula is C35H39FN6O3. The highest BCUT2D eigenvalue weighted by Gasteiger charge is 2.44. The van der Waals surface area contributed by atoms with Crippen LogP contribution in [0, 0.1) is 5.82 Å². The molecule has 3 N–H and O–H groups in total. The molecule has 6 rings (SSSR count). The number of para-hydroxylation sites is 1. The fraction of sp³-hybridized carbons (Fsp3) is 0.371. The Morgan fingerprint density at radius 1 is 1.00 bits per heavy atom. The number of amides is 3. The Hall–Kier alpha value is -4.57. The van der Waals surface area contributed by atoms with E-state index in [1.165, 1.54) is 6.07 Å². The number of hydrogen-bond acceptors (Lipinski definition) is 5. The lowest BCUT2D eigenvalue weighted by atomic mass is 10.0. The Bertz CT molecular complexity index is 1690. The molecule has 2 aliphatic rings. The molecule has 0 unspecified atom stereocenters. The molecule has 0 bridgehead atoms. The van der Waals surface area contributed by atoms with Crippen molar-refractivity contribution in [3.05, 3.63) is 90.0 Å². The zero-order valence-electron chi connectivity index (χ0n) is 25.6. The van der Waals surface area contributed by atoms with E-state index in [4.69, 9.17) is 4.98 Å². The molecule has 3 aromatic carbocycles. The van der Waals surface area contributed by atoms with Gasteiger partial charge in [0.05, 0.1) is 29.5 Å². The number of rotatable bonds is 8. The summed E-state index contributed by atoms with van der Waals surface area (Å²) in [6, 6.07) is 19.9. The Morgan fingerprint density at radius 3 is 2.51 bits per heavy atom. The first-order valence-electron chi connectivity index (χ1n) is 15.7. The number of nitrogens with zero attached hydrogens (tertiary/aromatic N) is 3. The van der Waals surface area contributed by atoms with Crippen molar-refractivity contribution in [2.24, 2.45) is 0 Å². The molecule has 9 nitrogen and oxygen atoms in total. The SMILES string of the molecule is CC[C@H](NC)C(=O)N[C@H]1CN(C(=O)Cc2ccccc2)CC[C@H]2CC[C@@H](c3nc4c(-c5ccccc5F)cccc4[nH]3)N2C1=O. The molecule has 1 aromatic heterocycles. The van der Waals surface area contributed by atoms with Crippen molar-refractivity contribution in [2.45, 2.75) is 63.2 Å². The predicted octanol–water partition coefficient (Wildman–Crippen LogP) is 4.36. The molecule has 3 heterocycles. The molecule has 4 atom stereocenters. The van der Waals surface area contributed by atoms with Gasteiger partial charge in [0, 0.05) is 30.3 Å². The lowest BCUT2D eigenvalue weighted by Gasteiger charge is -2.39. The van der Waals surface area contributed by atoms with E-state index in [9.17, 15) is 18.8 Å². The van der Waals surface area contributed by atoms with Gasteiger partial charge >= 0.3 is 0 Å². The average Bonchev–Trinajstić information content (AvgIpc) is 3.67. The summed E-state index contributed by atoms with van der Waals surface area (Å²) in [5.41, 5.74) is 3.45. The quantitative estimate of drug-likeness (QED) is 0.275. The van der Waals surface area contributed by atoms with Gasteiger partial charge in [0.1, 0.15) is 17.7 Å². The number of nitrogens with one attached hydrogen (secondary N) is 3. The van der Waals surface area contributed by atoms with Crippen LogP contribution in [0.2, 0.25) is 0 Å². The Kier molecular flexibility index (Phi) is 8.93. The summed E-state index contributed by atoms with van der Waals surface area (Å²) in [7, 11) is 1.72. The van der Waals surface area contributed by atoms with Crippen LogP contribution in [0.1, 0.15) is 50.0 Å². The third-order valence-electron chi connectivity index (χ3n) is 9.14. The second-order valence-electron chi connectivity index (χ2n) is 11.9. The molecule has 2 fully saturated rings. The van der Waals surface area contributed by atoms with Gasteiger partial charge in [0.15, 0.2) is 0 Å². The number of carbonyl (C=O) groups excluding carboxylic acids is 3. The summed E-state index contributed by atoms with van der Waals surface area (Å²) in [5, 5.41) is 5.99. The van der Waals surface area contributed by atoms with Crippen LogP contribution in [-0.2, 0) is 20.8 Å². The van der Waals surface area contributed by atoms with E-state index in [0.29, 0.717) is 48.3 Å². The van der Waals surface area contributed by atoms with Crippen LogP contribution < -0.4 is 10.6 Å². The number of halogens is 1. The third kappa shape index (κ3) is 6.20. The highest BCUT2D eigenvalue weighted by Crippen LogP contribution is 2.39. The number of benzene rings is 3. The van der Waals surface area contributed by atoms with Gasteiger partial charge in [-0.2, -0.15) is 0 Å². The first kappa shape index (κ1) is 30.5. The van der Waals surface area contributed by atoms with Crippen molar-refractivity contribution >= 4 is 28.8 Å². The van der Waals surface area contributed by atoms with E-state index in [1.807, 2.05) is 60.4 Å². The van der Waals surface area contributed by atoms with Gasteiger partial charge in [-0.15, -0.1) is 0 Å². The number of aromatic amines is 1. The summed E-state index contributed by atoms with van der Waals surface area (Å²) in [6.45, 7) is 2.46. The Morgan fingerprint density at radius 2 is 1.76 bits per heavy atom. The van der Waals surface area contributed by atoms with Gasteiger partial charge in [-0.05, 0) is 50.4 Å². The molecule has 10 heteroatoms. The van der Waals surface area contributed by atoms with Crippen molar-refractivity contribution in [3.63, 3.8) is 0 Å². The fourth-order valence-corrected chi connectivity index (χ4v) is 6.76. The smallest absolute Gasteiger partial charge is 0.247 e. The number of fused-ring (bicyclic) bond motifs is 2. The topological polar surface area (TPSA) is 110 Å². The maximum atomic E-state index is 14.8. The van der Waals surface area contributed by atoms with E-state index in [2.05, 4.69) is 15.6 Å². The molecule has 2 saturated heterocycles. The lowest BCUT2D eigenvalue weighted by molar-refractivity contribution is -0.144. The maximum absolute atomic E-state index is 14.8. The fourth-order valence-electron chi connectivity index (χ4n) is 6.76. The second kappa shape index (κ2) is 13.2. The van der Waals surface area contributed by atoms with Crippen LogP contribution in [0.4, 0.5) is 4.39 Å². The molecule has 0 saturated carbocycles. The zero-order valence-corrected chi connectivity index (χ0v) is 25.6. The summed E-state index contributed by atoms with van der Waals surface area (Å²) in [4.78, 5) is 53.1. The van der Waals surface area contributed by atoms with E-state index in [1.54, 1.807) is 30.1 Å². The zero-order chi connectivity index (χ0) is 31.5. The number of imidazole rings is 1. The minimum absolute atomic E-state index is 0.0742. The molecule has 234 valence electrons. The summed E-state index contributed by atoms with van der Waals surface area (Å²) >= 11 is 0. The largest absolute Gasteiger partial charge is 0.341 e. The van der Waals surface area contributed by atoms with Crippen molar-refractivity contribution in [1.82, 2.24) is 30.4 Å². The highest BCUT2D eigenvalue weighted by molar-refractivity contribution is 5.93. The normalized spacial score (nSPS) is 20.9. The van der Waals surface area contributed by atoms with Gasteiger partial charge in [-0.3, -0.25) is 14.4 Å². The molecule has 0 aliphatic carbocycles. The summed E-state index contributed by atoms with van der Waals surface area (Å²) < 4.78 is 14.8. The standard InChI is InChI=1S/C35H39FN6O3/c1-3-27(37-2)34(44)39-29-21-41(31(43)20-22-10-5-4-6-11-22)19-18-23-16-17-30(42(23)35(29)45)33-38-28-15-9-13-25(32(28)40-33)24-12-7-8-14-26(24)36/h4-15,23,27,29-30,37H,3,16-21H2,1-2H3,(H,38,40)(H,39,44)/t23-,27+,29+,30+/m1/s1. The maximum Gasteiger partial charge on any atom is 0.247 e. The molecule has 3 amide bonds. The van der Waals surface area contributed by atoms with Gasteiger partial charge in [-0.25, -0.2) is 9.37 Å². The Labute approximate surface area is 262 Å². The number of aromatic nitrogens is 2. The van der Waals surface area contributed by atoms with E-state index < -0.39 is 12.1 Å². The first-order chi connectivity index (χ1) is 21.9. The third-order valence-corrected chi connectivity index (χ3v) is 9.14. The van der Waals surface area contributed by atoms with Crippen LogP contribution in [0.3, 0.4) is 0 Å². The molecule has 2 aliphatic heterocycles. The molecular weight excluding hydrogens is 571 g/mol. The summed E-state index contributed by atoms with van der Waals surface area (Å²) in [5.74, 6) is -0.274. The molecule has 4 aromatic rings. The van der Waals surface area contributed by atoms with E-state index in [-0.39, 0.29) is 48.6 Å². The second-order valence-corrected chi connectivity index (χ2v) is 11.9. The predicted molar refractivity (Wildman–Crippen MR) is 171 cm³/mol. The van der Waals surface area contributed by atoms with E-state index >= 15 is 0 Å². The van der Waals surface area contributed by atoms with Gasteiger partial charge in [-0.1, -0.05) is 67.6 Å². The van der Waals surface area contributed by atoms with Crippen molar-refractivity contribution < 1.29 is 18.8 Å². The molecule has 0 spiro atoms. The number of likely N-dealkylation sites (N-methyl/N-ethyl adjacent to an activating group) is 1. The van der Waals surface area contributed by atoms with Gasteiger partial charge < -0.3 is 25.4 Å². The number of hydrogen-bond donors (Lipinski definition) is 3. The van der Waals surface area contributed by atoms with Gasteiger partial charge in [0.25, 0.3) is 0 Å². The Balaban J connectivity index is 1.31. The molecule has 45 heavy (non-hydrogen) atoms. The van der Waals surface area contributed by atoms with Gasteiger partial charge in [0.2, 0.25) is 17.7 Å². The van der Waals surface area contributed by atoms with Crippen molar-refractivity contribution in [3.8, 4) is 11.1 Å². The van der Waals surface area contributed by atoms with Crippen molar-refractivity contribution in [2.75, 3.05) is 20.1 Å². The van der Waals surface area contributed by atoms with E-state index in [0.717, 1.165) is 17.5 Å². The van der Waals surface area contributed by atoms with Crippen molar-refractivity contribution in [1.29, 1.82) is 0 Å². The monoisotopic (exact) mass is 610 g/mol. The average molecular weight is 611 g/mol. The van der Waals surface area contributed by atoms with Crippen LogP contribution >= 0.6 is 0 Å². The minimum atomic E-state index is -0.915. The first-order valence-corrected chi connectivity index (χ1v) is 15.7. The highest BCUT2D eigenvalue weighted by atomic mass is 19.1. The number of H-pyrrole nitrogens is 1. The minimum Gasteiger partial charge on any atom is -0.341 e.